The van der Waals surface area contributed by atoms with Crippen LogP contribution in [-0.2, 0) is 47.5 Å². The highest BCUT2D eigenvalue weighted by Crippen LogP contribution is 2.56. The normalized spacial score (nSPS) is 49.2. The summed E-state index contributed by atoms with van der Waals surface area (Å²) in [6.45, 7) is 20.1. The van der Waals surface area contributed by atoms with E-state index in [-0.39, 0.29) is 60.9 Å². The van der Waals surface area contributed by atoms with Gasteiger partial charge in [-0.25, -0.2) is 0 Å². The van der Waals surface area contributed by atoms with Crippen LogP contribution in [0.25, 0.3) is 0 Å². The standard InChI is InChI=1S/C47H78O15/c1-23(39(51)24(2)18-26(4)43(52)53)17-25(3)40-28(6)34(50)21-45(60-40)16-15-44(11,62-45)37-20-33(49)30(8)47(59-37)27(5)19-36(58-47)42-29(7)41(31(9)46(54,22-48)61-42)57-38-14-13-35(55-12)32(10)56-38/h17,24-38,40-42,48-50,54H,13-16,18-22H2,1-12H3,(H,52,53). The van der Waals surface area contributed by atoms with Crippen molar-refractivity contribution < 1.29 is 73.0 Å². The van der Waals surface area contributed by atoms with E-state index >= 15 is 0 Å². The highest BCUT2D eigenvalue weighted by atomic mass is 16.8. The molecule has 22 unspecified atom stereocenters. The van der Waals surface area contributed by atoms with Crippen LogP contribution < -0.4 is 0 Å². The average molecular weight is 883 g/mol. The minimum Gasteiger partial charge on any atom is -0.481 e. The number of allylic oxidation sites excluding steroid dienone is 1. The van der Waals surface area contributed by atoms with Crippen molar-refractivity contribution in [1.82, 2.24) is 0 Å². The van der Waals surface area contributed by atoms with Gasteiger partial charge in [0.25, 0.3) is 0 Å². The number of methoxy groups -OCH3 is 1. The Morgan fingerprint density at radius 1 is 0.887 bits per heavy atom. The van der Waals surface area contributed by atoms with E-state index in [0.717, 1.165) is 6.42 Å². The second kappa shape index (κ2) is 18.9. The molecule has 356 valence electrons. The number of aliphatic hydroxyl groups is 4. The van der Waals surface area contributed by atoms with Gasteiger partial charge in [0.1, 0.15) is 0 Å². The molecule has 0 bridgehead atoms. The van der Waals surface area contributed by atoms with Crippen LogP contribution in [-0.4, -0.2) is 135 Å². The van der Waals surface area contributed by atoms with Crippen LogP contribution in [0.4, 0.5) is 0 Å². The molecular formula is C47H78O15. The fourth-order valence-corrected chi connectivity index (χ4v) is 11.8. The first-order valence-corrected chi connectivity index (χ1v) is 23.3. The minimum atomic E-state index is -1.90. The number of aliphatic hydroxyl groups excluding tert-OH is 3. The Labute approximate surface area is 368 Å². The first-order valence-electron chi connectivity index (χ1n) is 23.3. The molecule has 6 fully saturated rings. The Morgan fingerprint density at radius 2 is 1.58 bits per heavy atom. The van der Waals surface area contributed by atoms with Gasteiger partial charge in [-0.2, -0.15) is 0 Å². The number of hydrogen-bond acceptors (Lipinski definition) is 14. The molecule has 2 spiro atoms. The minimum absolute atomic E-state index is 0.0375. The Hall–Kier alpha value is -1.60. The van der Waals surface area contributed by atoms with E-state index in [1.807, 2.05) is 61.5 Å². The first kappa shape index (κ1) is 49.8. The maximum atomic E-state index is 13.3. The summed E-state index contributed by atoms with van der Waals surface area (Å²) in [5.41, 5.74) is -0.404. The third-order valence-corrected chi connectivity index (χ3v) is 16.1. The molecule has 6 aliphatic heterocycles. The van der Waals surface area contributed by atoms with Crippen LogP contribution in [0.15, 0.2) is 11.6 Å². The highest BCUT2D eigenvalue weighted by Gasteiger charge is 2.65. The number of carbonyl (C=O) groups excluding carboxylic acids is 1. The molecule has 0 saturated carbocycles. The third-order valence-electron chi connectivity index (χ3n) is 16.1. The van der Waals surface area contributed by atoms with E-state index in [0.29, 0.717) is 31.3 Å². The summed E-state index contributed by atoms with van der Waals surface area (Å²) >= 11 is 0. The van der Waals surface area contributed by atoms with Gasteiger partial charge in [0.05, 0.1) is 73.1 Å². The molecule has 6 aliphatic rings. The van der Waals surface area contributed by atoms with Crippen molar-refractivity contribution in [3.8, 4) is 0 Å². The summed E-state index contributed by atoms with van der Waals surface area (Å²) in [5, 5.41) is 54.9. The Kier molecular flexibility index (Phi) is 15.2. The van der Waals surface area contributed by atoms with Gasteiger partial charge in [-0.05, 0) is 52.0 Å². The van der Waals surface area contributed by atoms with Crippen LogP contribution in [0.3, 0.4) is 0 Å². The summed E-state index contributed by atoms with van der Waals surface area (Å²) in [5.74, 6) is -8.49. The molecule has 0 radical (unpaired) electrons. The van der Waals surface area contributed by atoms with Crippen molar-refractivity contribution in [2.45, 2.75) is 212 Å². The fourth-order valence-electron chi connectivity index (χ4n) is 11.8. The lowest BCUT2D eigenvalue weighted by Crippen LogP contribution is -2.64. The smallest absolute Gasteiger partial charge is 0.306 e. The van der Waals surface area contributed by atoms with Gasteiger partial charge in [-0.3, -0.25) is 9.59 Å². The van der Waals surface area contributed by atoms with Crippen LogP contribution in [0.5, 0.6) is 0 Å². The SMILES string of the molecule is COC1CCC(OC2C(C)C(C3CC(C)C4(O3)OC(C3(C)CCC5(CC(O)C(C)C(C(C)C=C(C)C(=O)C(C)CC(C)C(=O)O)O5)O3)CC(O)C4C)OC(O)(CO)C2C)OC1C. The van der Waals surface area contributed by atoms with Gasteiger partial charge in [-0.15, -0.1) is 0 Å². The number of aliphatic carboxylic acids is 1. The molecule has 62 heavy (non-hydrogen) atoms. The van der Waals surface area contributed by atoms with Crippen molar-refractivity contribution in [2.24, 2.45) is 47.3 Å². The molecular weight excluding hydrogens is 805 g/mol. The number of ether oxygens (including phenoxy) is 8. The van der Waals surface area contributed by atoms with E-state index in [4.69, 9.17) is 37.9 Å². The molecule has 6 rings (SSSR count). The summed E-state index contributed by atoms with van der Waals surface area (Å²) in [4.78, 5) is 24.7. The van der Waals surface area contributed by atoms with E-state index in [1.54, 1.807) is 27.9 Å². The van der Waals surface area contributed by atoms with Gasteiger partial charge in [0, 0.05) is 74.2 Å². The van der Waals surface area contributed by atoms with Gasteiger partial charge in [-0.1, -0.05) is 61.5 Å². The van der Waals surface area contributed by atoms with Crippen LogP contribution >= 0.6 is 0 Å². The topological polar surface area (TPSA) is 209 Å². The zero-order valence-electron chi connectivity index (χ0n) is 39.2. The van der Waals surface area contributed by atoms with Crippen molar-refractivity contribution in [1.29, 1.82) is 0 Å². The monoisotopic (exact) mass is 883 g/mol. The second-order valence-corrected chi connectivity index (χ2v) is 20.7. The van der Waals surface area contributed by atoms with E-state index < -0.39 is 108 Å². The molecule has 15 heteroatoms. The maximum Gasteiger partial charge on any atom is 0.306 e. The number of hydrogen-bond donors (Lipinski definition) is 5. The van der Waals surface area contributed by atoms with Crippen LogP contribution in [0, 0.1) is 47.3 Å². The van der Waals surface area contributed by atoms with Crippen molar-refractivity contribution >= 4 is 11.8 Å². The number of carboxylic acid groups (broad SMARTS) is 1. The lowest BCUT2D eigenvalue weighted by Gasteiger charge is -2.53. The number of ketones is 1. The summed E-state index contributed by atoms with van der Waals surface area (Å²) in [7, 11) is 1.67. The van der Waals surface area contributed by atoms with E-state index in [1.165, 1.54) is 0 Å². The van der Waals surface area contributed by atoms with E-state index in [2.05, 4.69) is 0 Å². The molecule has 6 heterocycles. The number of carbonyl (C=O) groups is 2. The second-order valence-electron chi connectivity index (χ2n) is 20.7. The first-order chi connectivity index (χ1) is 28.9. The molecule has 6 saturated heterocycles. The summed E-state index contributed by atoms with van der Waals surface area (Å²) in [6, 6.07) is 0. The van der Waals surface area contributed by atoms with Gasteiger partial charge in [0.2, 0.25) is 0 Å². The Morgan fingerprint density at radius 3 is 2.21 bits per heavy atom. The fraction of sp³-hybridized carbons (Fsp3) is 0.915. The van der Waals surface area contributed by atoms with Gasteiger partial charge in [0.15, 0.2) is 29.4 Å². The Balaban J connectivity index is 1.17. The molecule has 0 aromatic rings. The number of Topliss-reactive ketones (excluding diaryl/α,β-unsaturated/α-hetero) is 1. The molecule has 5 N–H and O–H groups in total. The lowest BCUT2D eigenvalue weighted by atomic mass is 9.76. The number of carboxylic acids is 1. The predicted molar refractivity (Wildman–Crippen MR) is 225 cm³/mol. The zero-order chi connectivity index (χ0) is 45.9. The third kappa shape index (κ3) is 9.49. The summed E-state index contributed by atoms with van der Waals surface area (Å²) in [6.07, 6.45) is 0.302. The highest BCUT2D eigenvalue weighted by molar-refractivity contribution is 5.96. The number of rotatable bonds is 13. The van der Waals surface area contributed by atoms with Gasteiger partial charge >= 0.3 is 5.97 Å². The lowest BCUT2D eigenvalue weighted by molar-refractivity contribution is -0.390. The van der Waals surface area contributed by atoms with Crippen molar-refractivity contribution in [3.05, 3.63) is 11.6 Å². The quantitative estimate of drug-likeness (QED) is 0.152. The molecule has 0 amide bonds. The molecule has 0 aliphatic carbocycles. The van der Waals surface area contributed by atoms with Gasteiger partial charge < -0.3 is 63.4 Å². The van der Waals surface area contributed by atoms with Crippen molar-refractivity contribution in [2.75, 3.05) is 13.7 Å². The van der Waals surface area contributed by atoms with Crippen LogP contribution in [0.1, 0.15) is 128 Å². The largest absolute Gasteiger partial charge is 0.481 e. The van der Waals surface area contributed by atoms with Crippen LogP contribution in [0.2, 0.25) is 0 Å². The average Bonchev–Trinajstić information content (AvgIpc) is 3.73. The van der Waals surface area contributed by atoms with E-state index in [9.17, 15) is 35.1 Å². The molecule has 15 nitrogen and oxygen atoms in total. The van der Waals surface area contributed by atoms with Crippen molar-refractivity contribution in [3.63, 3.8) is 0 Å². The molecule has 0 aromatic heterocycles. The maximum absolute atomic E-state index is 13.3. The molecule has 22 atom stereocenters. The predicted octanol–water partition coefficient (Wildman–Crippen LogP) is 5.12. The Bertz CT molecular complexity index is 1610. The summed E-state index contributed by atoms with van der Waals surface area (Å²) < 4.78 is 52.8. The zero-order valence-corrected chi connectivity index (χ0v) is 39.2. The molecule has 0 aromatic carbocycles.